The Morgan fingerprint density at radius 2 is 2.26 bits per heavy atom. The van der Waals surface area contributed by atoms with Crippen molar-refractivity contribution in [3.8, 4) is 11.3 Å². The number of rotatable bonds is 3. The average Bonchev–Trinajstić information content (AvgIpc) is 2.92. The van der Waals surface area contributed by atoms with Gasteiger partial charge in [-0.1, -0.05) is 0 Å². The van der Waals surface area contributed by atoms with Crippen LogP contribution < -0.4 is 11.5 Å². The van der Waals surface area contributed by atoms with Crippen LogP contribution in [0.25, 0.3) is 22.4 Å². The lowest BCUT2D eigenvalue weighted by atomic mass is 10.1. The van der Waals surface area contributed by atoms with Crippen molar-refractivity contribution >= 4 is 27.0 Å². The van der Waals surface area contributed by atoms with Crippen molar-refractivity contribution in [1.29, 1.82) is 0 Å². The van der Waals surface area contributed by atoms with Gasteiger partial charge in [0, 0.05) is 12.0 Å². The molecule has 0 fully saturated rings. The average molecular weight is 323 g/mol. The molecule has 0 aliphatic carbocycles. The maximum atomic E-state index is 11.1. The van der Waals surface area contributed by atoms with E-state index in [0.717, 1.165) is 27.8 Å². The molecule has 1 aromatic carbocycles. The van der Waals surface area contributed by atoms with Crippen LogP contribution in [0.2, 0.25) is 0 Å². The Hall–Kier alpha value is -1.86. The van der Waals surface area contributed by atoms with Crippen LogP contribution in [0.1, 0.15) is 5.69 Å². The first-order valence-corrected chi connectivity index (χ1v) is 6.54. The van der Waals surface area contributed by atoms with Gasteiger partial charge in [-0.2, -0.15) is 5.10 Å². The maximum Gasteiger partial charge on any atom is 0.417 e. The molecule has 0 radical (unpaired) electrons. The van der Waals surface area contributed by atoms with E-state index >= 15 is 0 Å². The van der Waals surface area contributed by atoms with Gasteiger partial charge in [0.05, 0.1) is 15.7 Å². The highest BCUT2D eigenvalue weighted by Gasteiger charge is 2.13. The highest BCUT2D eigenvalue weighted by molar-refractivity contribution is 9.10. The van der Waals surface area contributed by atoms with E-state index in [1.807, 2.05) is 12.1 Å². The summed E-state index contributed by atoms with van der Waals surface area (Å²) in [5, 5.41) is 7.22. The lowest BCUT2D eigenvalue weighted by Crippen LogP contribution is -2.03. The first-order valence-electron chi connectivity index (χ1n) is 5.75. The van der Waals surface area contributed by atoms with Gasteiger partial charge in [-0.05, 0) is 40.7 Å². The predicted molar refractivity (Wildman–Crippen MR) is 74.9 cm³/mol. The quantitative estimate of drug-likeness (QED) is 0.684. The Labute approximate surface area is 116 Å². The fraction of sp³-hybridized carbons (Fsp3) is 0.167. The Bertz CT molecular complexity index is 786. The van der Waals surface area contributed by atoms with Crippen LogP contribution in [0, 0.1) is 0 Å². The molecule has 3 aromatic rings. The second kappa shape index (κ2) is 4.67. The molecule has 0 bridgehead atoms. The third kappa shape index (κ3) is 2.11. The smallest absolute Gasteiger partial charge is 0.408 e. The number of H-pyrrole nitrogens is 2. The number of benzene rings is 1. The van der Waals surface area contributed by atoms with Crippen molar-refractivity contribution in [3.63, 3.8) is 0 Å². The van der Waals surface area contributed by atoms with Gasteiger partial charge in [-0.3, -0.25) is 10.1 Å². The normalized spacial score (nSPS) is 11.3. The van der Waals surface area contributed by atoms with E-state index in [2.05, 4.69) is 31.1 Å². The molecule has 0 saturated carbocycles. The van der Waals surface area contributed by atoms with E-state index in [1.165, 1.54) is 0 Å². The van der Waals surface area contributed by atoms with E-state index in [4.69, 9.17) is 10.2 Å². The van der Waals surface area contributed by atoms with Crippen LogP contribution in [0.3, 0.4) is 0 Å². The van der Waals surface area contributed by atoms with Gasteiger partial charge < -0.3 is 10.2 Å². The molecule has 2 heterocycles. The van der Waals surface area contributed by atoms with Gasteiger partial charge in [0.1, 0.15) is 5.69 Å². The lowest BCUT2D eigenvalue weighted by molar-refractivity contribution is 0.555. The van der Waals surface area contributed by atoms with E-state index in [0.29, 0.717) is 17.6 Å². The van der Waals surface area contributed by atoms with Crippen molar-refractivity contribution in [2.75, 3.05) is 6.54 Å². The molecule has 2 aromatic heterocycles. The minimum atomic E-state index is -0.461. The molecule has 0 amide bonds. The first-order chi connectivity index (χ1) is 9.19. The van der Waals surface area contributed by atoms with Crippen molar-refractivity contribution < 1.29 is 4.42 Å². The fourth-order valence-corrected chi connectivity index (χ4v) is 2.57. The van der Waals surface area contributed by atoms with Gasteiger partial charge in [0.25, 0.3) is 0 Å². The third-order valence-corrected chi connectivity index (χ3v) is 3.72. The molecule has 7 heteroatoms. The summed E-state index contributed by atoms with van der Waals surface area (Å²) in [4.78, 5) is 13.8. The minimum absolute atomic E-state index is 0.461. The van der Waals surface area contributed by atoms with Crippen LogP contribution >= 0.6 is 15.9 Å². The summed E-state index contributed by atoms with van der Waals surface area (Å²) in [5.74, 6) is -0.461. The standard InChI is InChI=1S/C12H11BrN4O2/c13-10-7(3-4-14)16-17-11(10)6-1-2-9-8(5-6)15-12(18)19-9/h1-2,5H,3-4,14H2,(H,15,18)(H,16,17). The van der Waals surface area contributed by atoms with Gasteiger partial charge in [0.2, 0.25) is 0 Å². The first kappa shape index (κ1) is 12.2. The Balaban J connectivity index is 2.10. The number of nitrogens with one attached hydrogen (secondary N) is 2. The molecule has 0 aliphatic rings. The zero-order valence-electron chi connectivity index (χ0n) is 9.87. The second-order valence-corrected chi connectivity index (χ2v) is 4.92. The Kier molecular flexibility index (Phi) is 3.00. The molecule has 3 rings (SSSR count). The second-order valence-electron chi connectivity index (χ2n) is 4.13. The summed E-state index contributed by atoms with van der Waals surface area (Å²) >= 11 is 3.51. The largest absolute Gasteiger partial charge is 0.417 e. The Morgan fingerprint density at radius 1 is 1.42 bits per heavy atom. The number of halogens is 1. The van der Waals surface area contributed by atoms with Crippen molar-refractivity contribution in [1.82, 2.24) is 15.2 Å². The molecular weight excluding hydrogens is 312 g/mol. The van der Waals surface area contributed by atoms with E-state index < -0.39 is 5.76 Å². The summed E-state index contributed by atoms with van der Waals surface area (Å²) in [6, 6.07) is 5.42. The highest BCUT2D eigenvalue weighted by atomic mass is 79.9. The molecule has 0 unspecified atom stereocenters. The molecule has 0 aliphatic heterocycles. The van der Waals surface area contributed by atoms with Crippen LogP contribution in [-0.2, 0) is 6.42 Å². The van der Waals surface area contributed by atoms with E-state index in [-0.39, 0.29) is 0 Å². The predicted octanol–water partition coefficient (Wildman–Crippen LogP) is 1.77. The number of aromatic nitrogens is 3. The van der Waals surface area contributed by atoms with Crippen LogP contribution in [0.5, 0.6) is 0 Å². The summed E-state index contributed by atoms with van der Waals surface area (Å²) in [5.41, 5.74) is 9.34. The maximum absolute atomic E-state index is 11.1. The lowest BCUT2D eigenvalue weighted by Gasteiger charge is -1.98. The van der Waals surface area contributed by atoms with Gasteiger partial charge in [-0.25, -0.2) is 4.79 Å². The van der Waals surface area contributed by atoms with E-state index in [1.54, 1.807) is 6.07 Å². The highest BCUT2D eigenvalue weighted by Crippen LogP contribution is 2.30. The number of fused-ring (bicyclic) bond motifs is 1. The van der Waals surface area contributed by atoms with Crippen LogP contribution in [0.15, 0.2) is 31.9 Å². The SMILES string of the molecule is NCCc1[nH]nc(-c2ccc3oc(=O)[nH]c3c2)c1Br. The monoisotopic (exact) mass is 322 g/mol. The van der Waals surface area contributed by atoms with Crippen LogP contribution in [-0.4, -0.2) is 21.7 Å². The summed E-state index contributed by atoms with van der Waals surface area (Å²) in [7, 11) is 0. The number of nitrogens with zero attached hydrogens (tertiary/aromatic N) is 1. The fourth-order valence-electron chi connectivity index (χ4n) is 1.97. The van der Waals surface area contributed by atoms with E-state index in [9.17, 15) is 4.79 Å². The summed E-state index contributed by atoms with van der Waals surface area (Å²) in [6.07, 6.45) is 0.721. The van der Waals surface area contributed by atoms with Crippen LogP contribution in [0.4, 0.5) is 0 Å². The number of nitrogens with two attached hydrogens (primary N) is 1. The molecule has 19 heavy (non-hydrogen) atoms. The van der Waals surface area contributed by atoms with Crippen molar-refractivity contribution in [3.05, 3.63) is 38.9 Å². The van der Waals surface area contributed by atoms with Crippen molar-refractivity contribution in [2.24, 2.45) is 5.73 Å². The topological polar surface area (TPSA) is 101 Å². The van der Waals surface area contributed by atoms with Crippen molar-refractivity contribution in [2.45, 2.75) is 6.42 Å². The number of hydrogen-bond acceptors (Lipinski definition) is 4. The van der Waals surface area contributed by atoms with Gasteiger partial charge in [-0.15, -0.1) is 0 Å². The summed E-state index contributed by atoms with van der Waals surface area (Å²) in [6.45, 7) is 0.550. The molecule has 0 saturated heterocycles. The Morgan fingerprint density at radius 3 is 3.05 bits per heavy atom. The minimum Gasteiger partial charge on any atom is -0.408 e. The molecular formula is C12H11BrN4O2. The third-order valence-electron chi connectivity index (χ3n) is 2.86. The van der Waals surface area contributed by atoms with Gasteiger partial charge in [0.15, 0.2) is 5.58 Å². The number of aromatic amines is 2. The zero-order valence-corrected chi connectivity index (χ0v) is 11.5. The van der Waals surface area contributed by atoms with Gasteiger partial charge >= 0.3 is 5.76 Å². The molecule has 0 atom stereocenters. The molecule has 0 spiro atoms. The molecule has 6 nitrogen and oxygen atoms in total. The summed E-state index contributed by atoms with van der Waals surface area (Å²) < 4.78 is 5.86. The zero-order chi connectivity index (χ0) is 13.4. The molecule has 4 N–H and O–H groups in total. The number of oxazole rings is 1. The number of hydrogen-bond donors (Lipinski definition) is 3. The molecule has 98 valence electrons.